The summed E-state index contributed by atoms with van der Waals surface area (Å²) in [6.45, 7) is 0.336. The molecule has 0 bridgehead atoms. The molecule has 3 rings (SSSR count). The van der Waals surface area contributed by atoms with Crippen LogP contribution in [-0.4, -0.2) is 36.0 Å². The first kappa shape index (κ1) is 23.4. The molecule has 0 aliphatic rings. The average molecular weight is 444 g/mol. The van der Waals surface area contributed by atoms with Gasteiger partial charge in [-0.05, 0) is 48.4 Å². The van der Waals surface area contributed by atoms with Gasteiger partial charge in [0.2, 0.25) is 0 Å². The average Bonchev–Trinajstić information content (AvgIpc) is 2.85. The number of anilines is 1. The standard InChI is InChI=1S/C26H25N3O4/c30-16-8-15-27-24(31)21-13-7-14-22(18-21)28-26(33)23(17-19-9-3-1-4-10-19)29-25(32)20-11-5-2-6-12-20/h1-7,9-14,17-18,30H,8,15-16H2,(H,27,31)(H,28,33)(H,29,32)/b23-17+. The van der Waals surface area contributed by atoms with Crippen molar-refractivity contribution >= 4 is 29.5 Å². The fourth-order valence-corrected chi connectivity index (χ4v) is 2.98. The Hall–Kier alpha value is -4.23. The van der Waals surface area contributed by atoms with Crippen LogP contribution >= 0.6 is 0 Å². The van der Waals surface area contributed by atoms with Crippen LogP contribution in [0.25, 0.3) is 6.08 Å². The van der Waals surface area contributed by atoms with Gasteiger partial charge in [-0.1, -0.05) is 54.6 Å². The monoisotopic (exact) mass is 443 g/mol. The minimum atomic E-state index is -0.527. The normalized spacial score (nSPS) is 10.9. The number of nitrogens with one attached hydrogen (secondary N) is 3. The van der Waals surface area contributed by atoms with Crippen LogP contribution in [0.1, 0.15) is 32.7 Å². The third kappa shape index (κ3) is 7.15. The summed E-state index contributed by atoms with van der Waals surface area (Å²) in [7, 11) is 0. The molecule has 0 atom stereocenters. The molecule has 4 N–H and O–H groups in total. The zero-order valence-electron chi connectivity index (χ0n) is 18.0. The molecule has 0 aromatic heterocycles. The fraction of sp³-hybridized carbons (Fsp3) is 0.115. The van der Waals surface area contributed by atoms with E-state index in [4.69, 9.17) is 5.11 Å². The molecule has 7 nitrogen and oxygen atoms in total. The molecule has 3 aromatic carbocycles. The maximum atomic E-state index is 13.1. The molecular formula is C26H25N3O4. The fourth-order valence-electron chi connectivity index (χ4n) is 2.98. The van der Waals surface area contributed by atoms with Crippen molar-refractivity contribution in [3.05, 3.63) is 107 Å². The molecule has 0 saturated heterocycles. The Balaban J connectivity index is 1.79. The lowest BCUT2D eigenvalue weighted by molar-refractivity contribution is -0.113. The van der Waals surface area contributed by atoms with E-state index in [1.54, 1.807) is 60.7 Å². The Morgan fingerprint density at radius 2 is 1.45 bits per heavy atom. The van der Waals surface area contributed by atoms with E-state index in [2.05, 4.69) is 16.0 Å². The Morgan fingerprint density at radius 1 is 0.788 bits per heavy atom. The number of aliphatic hydroxyl groups is 1. The summed E-state index contributed by atoms with van der Waals surface area (Å²) < 4.78 is 0. The first-order valence-corrected chi connectivity index (χ1v) is 10.5. The highest BCUT2D eigenvalue weighted by molar-refractivity contribution is 6.11. The van der Waals surface area contributed by atoms with Crippen LogP contribution in [0.5, 0.6) is 0 Å². The molecule has 3 amide bonds. The van der Waals surface area contributed by atoms with Crippen LogP contribution in [0.4, 0.5) is 5.69 Å². The lowest BCUT2D eigenvalue weighted by Crippen LogP contribution is -2.31. The predicted octanol–water partition coefficient (Wildman–Crippen LogP) is 3.21. The Labute approximate surface area is 192 Å². The van der Waals surface area contributed by atoms with Crippen LogP contribution in [0, 0.1) is 0 Å². The highest BCUT2D eigenvalue weighted by Gasteiger charge is 2.16. The SMILES string of the molecule is O=C(Nc1cccc(C(=O)NCCCO)c1)/C(=C\c1ccccc1)NC(=O)c1ccccc1. The van der Waals surface area contributed by atoms with Gasteiger partial charge >= 0.3 is 0 Å². The lowest BCUT2D eigenvalue weighted by atomic mass is 10.1. The predicted molar refractivity (Wildman–Crippen MR) is 127 cm³/mol. The summed E-state index contributed by atoms with van der Waals surface area (Å²) in [6, 6.07) is 24.2. The molecule has 7 heteroatoms. The number of carbonyl (C=O) groups excluding carboxylic acids is 3. The largest absolute Gasteiger partial charge is 0.396 e. The maximum Gasteiger partial charge on any atom is 0.272 e. The first-order chi connectivity index (χ1) is 16.1. The maximum absolute atomic E-state index is 13.1. The van der Waals surface area contributed by atoms with Gasteiger partial charge in [0.1, 0.15) is 5.70 Å². The summed E-state index contributed by atoms with van der Waals surface area (Å²) >= 11 is 0. The van der Waals surface area contributed by atoms with Crippen molar-refractivity contribution in [2.45, 2.75) is 6.42 Å². The molecular weight excluding hydrogens is 418 g/mol. The van der Waals surface area contributed by atoms with Crippen LogP contribution in [0.2, 0.25) is 0 Å². The second kappa shape index (κ2) is 12.0. The second-order valence-corrected chi connectivity index (χ2v) is 7.16. The third-order valence-electron chi connectivity index (χ3n) is 4.64. The van der Waals surface area contributed by atoms with Gasteiger partial charge < -0.3 is 21.1 Å². The van der Waals surface area contributed by atoms with Gasteiger partial charge in [0.25, 0.3) is 17.7 Å². The summed E-state index contributed by atoms with van der Waals surface area (Å²) in [5.41, 5.74) is 2.00. The number of benzene rings is 3. The van der Waals surface area contributed by atoms with E-state index in [0.29, 0.717) is 29.8 Å². The van der Waals surface area contributed by atoms with E-state index in [9.17, 15) is 14.4 Å². The number of rotatable bonds is 9. The highest BCUT2D eigenvalue weighted by Crippen LogP contribution is 2.14. The van der Waals surface area contributed by atoms with Crippen molar-refractivity contribution in [2.24, 2.45) is 0 Å². The molecule has 0 saturated carbocycles. The molecule has 0 aliphatic carbocycles. The Bertz CT molecular complexity index is 1130. The lowest BCUT2D eigenvalue weighted by Gasteiger charge is -2.12. The Kier molecular flexibility index (Phi) is 8.50. The van der Waals surface area contributed by atoms with Gasteiger partial charge in [0.15, 0.2) is 0 Å². The van der Waals surface area contributed by atoms with Gasteiger partial charge in [-0.15, -0.1) is 0 Å². The summed E-state index contributed by atoms with van der Waals surface area (Å²) in [5.74, 6) is -1.25. The molecule has 0 spiro atoms. The van der Waals surface area contributed by atoms with E-state index >= 15 is 0 Å². The third-order valence-corrected chi connectivity index (χ3v) is 4.64. The van der Waals surface area contributed by atoms with Gasteiger partial charge in [0.05, 0.1) is 0 Å². The van der Waals surface area contributed by atoms with E-state index in [1.165, 1.54) is 0 Å². The number of hydrogen-bond acceptors (Lipinski definition) is 4. The van der Waals surface area contributed by atoms with Gasteiger partial charge in [0, 0.05) is 30.0 Å². The van der Waals surface area contributed by atoms with E-state index in [1.807, 2.05) is 30.3 Å². The summed E-state index contributed by atoms with van der Waals surface area (Å²) in [4.78, 5) is 38.0. The van der Waals surface area contributed by atoms with Crippen LogP contribution < -0.4 is 16.0 Å². The molecule has 168 valence electrons. The number of aliphatic hydroxyl groups excluding tert-OH is 1. The zero-order valence-corrected chi connectivity index (χ0v) is 18.0. The smallest absolute Gasteiger partial charge is 0.272 e. The number of amides is 3. The topological polar surface area (TPSA) is 108 Å². The van der Waals surface area contributed by atoms with Crippen molar-refractivity contribution < 1.29 is 19.5 Å². The molecule has 3 aromatic rings. The van der Waals surface area contributed by atoms with Crippen molar-refractivity contribution in [3.8, 4) is 0 Å². The minimum Gasteiger partial charge on any atom is -0.396 e. The molecule has 33 heavy (non-hydrogen) atoms. The molecule has 0 heterocycles. The Morgan fingerprint density at radius 3 is 2.15 bits per heavy atom. The van der Waals surface area contributed by atoms with Gasteiger partial charge in [-0.2, -0.15) is 0 Å². The van der Waals surface area contributed by atoms with E-state index in [0.717, 1.165) is 5.56 Å². The van der Waals surface area contributed by atoms with Crippen LogP contribution in [-0.2, 0) is 4.79 Å². The molecule has 0 unspecified atom stereocenters. The van der Waals surface area contributed by atoms with Crippen molar-refractivity contribution in [1.82, 2.24) is 10.6 Å². The van der Waals surface area contributed by atoms with Crippen LogP contribution in [0.3, 0.4) is 0 Å². The highest BCUT2D eigenvalue weighted by atomic mass is 16.3. The molecule has 0 radical (unpaired) electrons. The summed E-state index contributed by atoms with van der Waals surface area (Å²) in [6.07, 6.45) is 2.04. The number of hydrogen-bond donors (Lipinski definition) is 4. The number of carbonyl (C=O) groups is 3. The zero-order chi connectivity index (χ0) is 23.5. The first-order valence-electron chi connectivity index (χ1n) is 10.5. The van der Waals surface area contributed by atoms with Crippen molar-refractivity contribution in [1.29, 1.82) is 0 Å². The van der Waals surface area contributed by atoms with Crippen molar-refractivity contribution in [2.75, 3.05) is 18.5 Å². The quantitative estimate of drug-likeness (QED) is 0.301. The second-order valence-electron chi connectivity index (χ2n) is 7.16. The molecule has 0 aliphatic heterocycles. The summed E-state index contributed by atoms with van der Waals surface area (Å²) in [5, 5.41) is 17.0. The van der Waals surface area contributed by atoms with Gasteiger partial charge in [-0.25, -0.2) is 0 Å². The van der Waals surface area contributed by atoms with Gasteiger partial charge in [-0.3, -0.25) is 14.4 Å². The minimum absolute atomic E-state index is 0.0123. The molecule has 0 fully saturated rings. The van der Waals surface area contributed by atoms with E-state index in [-0.39, 0.29) is 18.2 Å². The van der Waals surface area contributed by atoms with Crippen LogP contribution in [0.15, 0.2) is 90.6 Å². The van der Waals surface area contributed by atoms with E-state index < -0.39 is 11.8 Å². The van der Waals surface area contributed by atoms with Crippen molar-refractivity contribution in [3.63, 3.8) is 0 Å².